The van der Waals surface area contributed by atoms with E-state index in [2.05, 4.69) is 22.4 Å². The standard InChI is InChI=1S/C32H36FN5O4/c1-20(2)42-30-24(29(39)34-26-9-6-14-38(31(26)40)28-15-25(28)33)16-37-17-27(35-32(37)36-30)23-12-10-22(11-13-23)19-41-18-21-7-4-3-5-8-21/h3-9,14,16-17,20,22-23,25,28H,10-13,15,18-19H2,1-2H3,(H,34,39)/t22?,23?,25-,28+/m1/s1. The van der Waals surface area contributed by atoms with Gasteiger partial charge in [-0.05, 0) is 63.1 Å². The van der Waals surface area contributed by atoms with Crippen molar-refractivity contribution in [3.63, 3.8) is 0 Å². The molecular weight excluding hydrogens is 537 g/mol. The minimum atomic E-state index is -1.04. The highest BCUT2D eigenvalue weighted by molar-refractivity contribution is 6.05. The number of nitrogens with zero attached hydrogens (tertiary/aromatic N) is 4. The lowest BCUT2D eigenvalue weighted by Gasteiger charge is -2.27. The van der Waals surface area contributed by atoms with Crippen molar-refractivity contribution in [3.8, 4) is 5.88 Å². The normalized spacial score (nSPS) is 21.9. The fourth-order valence-electron chi connectivity index (χ4n) is 5.63. The number of alkyl halides is 1. The second-order valence-corrected chi connectivity index (χ2v) is 11.6. The van der Waals surface area contributed by atoms with Crippen LogP contribution in [-0.4, -0.2) is 43.7 Å². The molecule has 1 N–H and O–H groups in total. The molecule has 6 rings (SSSR count). The van der Waals surface area contributed by atoms with Crippen LogP contribution in [0.15, 0.2) is 65.8 Å². The average molecular weight is 574 g/mol. The largest absolute Gasteiger partial charge is 0.474 e. The molecule has 9 nitrogen and oxygen atoms in total. The predicted molar refractivity (Wildman–Crippen MR) is 157 cm³/mol. The van der Waals surface area contributed by atoms with Gasteiger partial charge >= 0.3 is 0 Å². The Morgan fingerprint density at radius 2 is 1.83 bits per heavy atom. The van der Waals surface area contributed by atoms with Gasteiger partial charge in [0.15, 0.2) is 0 Å². The molecule has 42 heavy (non-hydrogen) atoms. The van der Waals surface area contributed by atoms with Gasteiger partial charge in [-0.3, -0.25) is 14.0 Å². The number of pyridine rings is 1. The van der Waals surface area contributed by atoms with Gasteiger partial charge in [0, 0.05) is 37.5 Å². The van der Waals surface area contributed by atoms with Gasteiger partial charge in [0.25, 0.3) is 11.5 Å². The molecule has 2 saturated carbocycles. The van der Waals surface area contributed by atoms with Gasteiger partial charge in [-0.2, -0.15) is 4.98 Å². The number of anilines is 1. The van der Waals surface area contributed by atoms with Gasteiger partial charge < -0.3 is 19.4 Å². The summed E-state index contributed by atoms with van der Waals surface area (Å²) in [6.07, 6.45) is 8.30. The number of hydrogen-bond acceptors (Lipinski definition) is 6. The summed E-state index contributed by atoms with van der Waals surface area (Å²) < 4.78 is 28.6. The van der Waals surface area contributed by atoms with E-state index in [9.17, 15) is 14.0 Å². The molecule has 0 spiro atoms. The molecule has 4 aromatic rings. The van der Waals surface area contributed by atoms with Crippen LogP contribution >= 0.6 is 0 Å². The molecule has 0 unspecified atom stereocenters. The van der Waals surface area contributed by atoms with Crippen molar-refractivity contribution in [2.24, 2.45) is 5.92 Å². The van der Waals surface area contributed by atoms with Gasteiger partial charge in [-0.25, -0.2) is 9.37 Å². The first-order chi connectivity index (χ1) is 20.4. The van der Waals surface area contributed by atoms with E-state index in [1.807, 2.05) is 38.2 Å². The second kappa shape index (κ2) is 12.1. The molecule has 0 radical (unpaired) electrons. The van der Waals surface area contributed by atoms with E-state index in [4.69, 9.17) is 14.5 Å². The fourth-order valence-corrected chi connectivity index (χ4v) is 5.63. The number of nitrogens with one attached hydrogen (secondary N) is 1. The highest BCUT2D eigenvalue weighted by Crippen LogP contribution is 2.38. The average Bonchev–Trinajstić information content (AvgIpc) is 3.56. The molecule has 0 bridgehead atoms. The minimum absolute atomic E-state index is 0.0769. The second-order valence-electron chi connectivity index (χ2n) is 11.6. The quantitative estimate of drug-likeness (QED) is 0.261. The van der Waals surface area contributed by atoms with Crippen LogP contribution in [0.4, 0.5) is 10.1 Å². The van der Waals surface area contributed by atoms with Crippen molar-refractivity contribution in [2.45, 2.75) is 76.8 Å². The lowest BCUT2D eigenvalue weighted by Crippen LogP contribution is -2.26. The maximum Gasteiger partial charge on any atom is 0.274 e. The summed E-state index contributed by atoms with van der Waals surface area (Å²) in [4.78, 5) is 35.6. The molecular formula is C32H36FN5O4. The van der Waals surface area contributed by atoms with Crippen LogP contribution in [0, 0.1) is 5.92 Å². The Morgan fingerprint density at radius 1 is 1.07 bits per heavy atom. The molecule has 3 aromatic heterocycles. The molecule has 1 amide bonds. The number of rotatable bonds is 10. The topological polar surface area (TPSA) is 99.8 Å². The molecule has 2 fully saturated rings. The van der Waals surface area contributed by atoms with Crippen molar-refractivity contribution in [1.82, 2.24) is 18.9 Å². The van der Waals surface area contributed by atoms with E-state index >= 15 is 0 Å². The summed E-state index contributed by atoms with van der Waals surface area (Å²) in [5, 5.41) is 2.68. The summed E-state index contributed by atoms with van der Waals surface area (Å²) in [5.41, 5.74) is 1.95. The van der Waals surface area contributed by atoms with Crippen LogP contribution in [0.2, 0.25) is 0 Å². The molecule has 2 aliphatic carbocycles. The molecule has 2 atom stereocenters. The first-order valence-electron chi connectivity index (χ1n) is 14.7. The van der Waals surface area contributed by atoms with Crippen LogP contribution in [-0.2, 0) is 11.3 Å². The Bertz CT molecular complexity index is 1610. The highest BCUT2D eigenvalue weighted by atomic mass is 19.1. The van der Waals surface area contributed by atoms with E-state index < -0.39 is 23.7 Å². The summed E-state index contributed by atoms with van der Waals surface area (Å²) in [5.74, 6) is 0.894. The number of hydrogen-bond donors (Lipinski definition) is 1. The first-order valence-corrected chi connectivity index (χ1v) is 14.7. The minimum Gasteiger partial charge on any atom is -0.474 e. The summed E-state index contributed by atoms with van der Waals surface area (Å²) in [7, 11) is 0. The summed E-state index contributed by atoms with van der Waals surface area (Å²) >= 11 is 0. The predicted octanol–water partition coefficient (Wildman–Crippen LogP) is 5.70. The molecule has 10 heteroatoms. The number of benzene rings is 1. The smallest absolute Gasteiger partial charge is 0.274 e. The highest BCUT2D eigenvalue weighted by Gasteiger charge is 2.40. The Hall–Kier alpha value is -4.05. The van der Waals surface area contributed by atoms with E-state index in [0.29, 0.717) is 30.6 Å². The van der Waals surface area contributed by atoms with Crippen LogP contribution < -0.4 is 15.6 Å². The Balaban J connectivity index is 1.15. The molecule has 0 saturated heterocycles. The molecule has 2 aliphatic rings. The lowest BCUT2D eigenvalue weighted by molar-refractivity contribution is 0.0714. The van der Waals surface area contributed by atoms with Crippen molar-refractivity contribution >= 4 is 17.4 Å². The molecule has 3 heterocycles. The maximum atomic E-state index is 13.6. The van der Waals surface area contributed by atoms with E-state index in [1.165, 1.54) is 16.2 Å². The zero-order valence-electron chi connectivity index (χ0n) is 23.9. The van der Waals surface area contributed by atoms with Crippen molar-refractivity contribution < 1.29 is 18.7 Å². The van der Waals surface area contributed by atoms with Crippen LogP contribution in [0.25, 0.3) is 5.78 Å². The third kappa shape index (κ3) is 6.23. The maximum absolute atomic E-state index is 13.6. The van der Waals surface area contributed by atoms with Gasteiger partial charge in [-0.15, -0.1) is 0 Å². The summed E-state index contributed by atoms with van der Waals surface area (Å²) in [6.45, 7) is 5.09. The SMILES string of the molecule is CC(C)Oc1nc2nc(C3CCC(COCc4ccccc4)CC3)cn2cc1C(=O)Nc1cccn([C@H]2C[C@H]2F)c1=O. The number of amides is 1. The van der Waals surface area contributed by atoms with Crippen molar-refractivity contribution in [1.29, 1.82) is 0 Å². The van der Waals surface area contributed by atoms with Gasteiger partial charge in [0.1, 0.15) is 17.4 Å². The van der Waals surface area contributed by atoms with Crippen molar-refractivity contribution in [3.05, 3.63) is 88.2 Å². The fraction of sp³-hybridized carbons (Fsp3) is 0.438. The van der Waals surface area contributed by atoms with E-state index in [0.717, 1.165) is 38.0 Å². The Morgan fingerprint density at radius 3 is 2.55 bits per heavy atom. The third-order valence-electron chi connectivity index (χ3n) is 8.01. The first kappa shape index (κ1) is 28.1. The molecule has 1 aromatic carbocycles. The zero-order chi connectivity index (χ0) is 29.2. The molecule has 220 valence electrons. The number of carbonyl (C=O) groups excluding carboxylic acids is 1. The van der Waals surface area contributed by atoms with E-state index in [-0.39, 0.29) is 23.2 Å². The monoisotopic (exact) mass is 573 g/mol. The number of fused-ring (bicyclic) bond motifs is 1. The lowest BCUT2D eigenvalue weighted by atomic mass is 9.81. The molecule has 0 aliphatic heterocycles. The number of ether oxygens (including phenoxy) is 2. The Kier molecular flexibility index (Phi) is 8.06. The zero-order valence-corrected chi connectivity index (χ0v) is 23.9. The number of halogens is 1. The number of carbonyl (C=O) groups is 1. The third-order valence-corrected chi connectivity index (χ3v) is 8.01. The van der Waals surface area contributed by atoms with Crippen LogP contribution in [0.5, 0.6) is 5.88 Å². The van der Waals surface area contributed by atoms with Gasteiger partial charge in [0.05, 0.1) is 24.4 Å². The summed E-state index contributed by atoms with van der Waals surface area (Å²) in [6, 6.07) is 12.9. The van der Waals surface area contributed by atoms with Gasteiger partial charge in [-0.1, -0.05) is 30.3 Å². The number of aromatic nitrogens is 4. The van der Waals surface area contributed by atoms with Crippen LogP contribution in [0.1, 0.15) is 79.5 Å². The Labute approximate surface area is 243 Å². The van der Waals surface area contributed by atoms with Crippen molar-refractivity contribution in [2.75, 3.05) is 11.9 Å². The van der Waals surface area contributed by atoms with Crippen LogP contribution in [0.3, 0.4) is 0 Å². The number of imidazole rings is 1. The van der Waals surface area contributed by atoms with Gasteiger partial charge in [0.2, 0.25) is 11.7 Å². The van der Waals surface area contributed by atoms with E-state index in [1.54, 1.807) is 22.9 Å².